The molecule has 0 spiro atoms. The predicted molar refractivity (Wildman–Crippen MR) is 83.1 cm³/mol. The number of carbonyl (C=O) groups excluding carboxylic acids is 1. The summed E-state index contributed by atoms with van der Waals surface area (Å²) < 4.78 is 18.7. The molecule has 1 fully saturated rings. The number of hydrogen-bond donors (Lipinski definition) is 1. The molecule has 1 heterocycles. The molecule has 1 aliphatic heterocycles. The predicted octanol–water partition coefficient (Wildman–Crippen LogP) is 0.832. The lowest BCUT2D eigenvalue weighted by Gasteiger charge is -2.12. The number of hydrogen-bond acceptors (Lipinski definition) is 4. The van der Waals surface area contributed by atoms with Gasteiger partial charge >= 0.3 is 0 Å². The van der Waals surface area contributed by atoms with E-state index in [0.717, 1.165) is 11.1 Å². The highest BCUT2D eigenvalue weighted by atomic mass is 32.2. The van der Waals surface area contributed by atoms with Gasteiger partial charge in [-0.3, -0.25) is 0 Å². The van der Waals surface area contributed by atoms with Gasteiger partial charge in [-0.15, -0.1) is 0 Å². The minimum Gasteiger partial charge on any atom is -0.544 e. The Kier molecular flexibility index (Phi) is 4.83. The van der Waals surface area contributed by atoms with Gasteiger partial charge in [0.15, 0.2) is 5.37 Å². The summed E-state index contributed by atoms with van der Waals surface area (Å²) in [5.74, 6) is -0.0598. The number of thioether (sulfide) groups is 1. The second kappa shape index (κ2) is 7.02. The van der Waals surface area contributed by atoms with Gasteiger partial charge in [0.2, 0.25) is 0 Å². The molecule has 0 radical (unpaired) electrons. The Morgan fingerprint density at radius 3 is 2.74 bits per heavy atom. The molecule has 0 amide bonds. The molecule has 6 heteroatoms. The summed E-state index contributed by atoms with van der Waals surface area (Å²) in [5.41, 5.74) is 1.81. The van der Waals surface area contributed by atoms with Gasteiger partial charge in [0.1, 0.15) is 30.2 Å². The molecule has 23 heavy (non-hydrogen) atoms. The van der Waals surface area contributed by atoms with Gasteiger partial charge < -0.3 is 20.0 Å². The molecule has 2 aromatic rings. The van der Waals surface area contributed by atoms with Crippen molar-refractivity contribution in [1.82, 2.24) is 0 Å². The van der Waals surface area contributed by atoms with Crippen molar-refractivity contribution < 1.29 is 24.3 Å². The Morgan fingerprint density at radius 2 is 2.09 bits per heavy atom. The summed E-state index contributed by atoms with van der Waals surface area (Å²) in [6, 6.07) is 13.3. The van der Waals surface area contributed by atoms with Gasteiger partial charge in [-0.1, -0.05) is 23.9 Å². The molecular weight excluding hydrogens is 317 g/mol. The van der Waals surface area contributed by atoms with Crippen LogP contribution >= 0.6 is 11.8 Å². The van der Waals surface area contributed by atoms with E-state index >= 15 is 0 Å². The van der Waals surface area contributed by atoms with Crippen LogP contribution in [0.2, 0.25) is 0 Å². The van der Waals surface area contributed by atoms with Crippen molar-refractivity contribution in [2.75, 3.05) is 5.75 Å². The van der Waals surface area contributed by atoms with Crippen molar-refractivity contribution in [3.05, 3.63) is 65.5 Å². The third kappa shape index (κ3) is 4.03. The first-order valence-corrected chi connectivity index (χ1v) is 8.31. The lowest BCUT2D eigenvalue weighted by molar-refractivity contribution is -0.690. The molecule has 2 aromatic carbocycles. The minimum atomic E-state index is -1.02. The van der Waals surface area contributed by atoms with Crippen molar-refractivity contribution in [3.8, 4) is 5.75 Å². The number of benzene rings is 2. The van der Waals surface area contributed by atoms with Crippen LogP contribution in [0.5, 0.6) is 5.75 Å². The molecule has 2 N–H and O–H groups in total. The van der Waals surface area contributed by atoms with E-state index in [-0.39, 0.29) is 11.2 Å². The highest BCUT2D eigenvalue weighted by Gasteiger charge is 2.30. The maximum atomic E-state index is 13.1. The molecule has 0 aliphatic carbocycles. The van der Waals surface area contributed by atoms with E-state index < -0.39 is 12.0 Å². The van der Waals surface area contributed by atoms with Crippen LogP contribution < -0.4 is 15.2 Å². The average molecular weight is 333 g/mol. The molecule has 120 valence electrons. The molecule has 1 saturated heterocycles. The van der Waals surface area contributed by atoms with E-state index in [4.69, 9.17) is 4.74 Å². The van der Waals surface area contributed by atoms with Gasteiger partial charge in [0.05, 0.1) is 5.75 Å². The lowest BCUT2D eigenvalue weighted by atomic mass is 10.2. The Morgan fingerprint density at radius 1 is 1.30 bits per heavy atom. The van der Waals surface area contributed by atoms with Crippen molar-refractivity contribution >= 4 is 17.7 Å². The fourth-order valence-corrected chi connectivity index (χ4v) is 3.74. The number of carboxylic acids is 1. The highest BCUT2D eigenvalue weighted by molar-refractivity contribution is 7.99. The van der Waals surface area contributed by atoms with Crippen LogP contribution in [0, 0.1) is 5.82 Å². The van der Waals surface area contributed by atoms with E-state index in [1.165, 1.54) is 12.1 Å². The standard InChI is InChI=1S/C17H16FNO3S/c18-13-3-1-2-11(8-13)9-22-14-6-4-12(5-7-14)16-19-15(10-23-16)17(20)21/h1-8,15-16,19H,9-10H2,(H,20,21)/t15-,16-/m0/s1. The monoisotopic (exact) mass is 333 g/mol. The van der Waals surface area contributed by atoms with Crippen molar-refractivity contribution in [3.63, 3.8) is 0 Å². The Balaban J connectivity index is 1.58. The average Bonchev–Trinajstić information content (AvgIpc) is 3.04. The van der Waals surface area contributed by atoms with Crippen molar-refractivity contribution in [2.24, 2.45) is 0 Å². The number of carbonyl (C=O) groups is 1. The summed E-state index contributed by atoms with van der Waals surface area (Å²) >= 11 is 1.59. The molecule has 2 atom stereocenters. The molecule has 3 rings (SSSR count). The minimum absolute atomic E-state index is 0.0650. The normalized spacial score (nSPS) is 20.4. The second-order valence-electron chi connectivity index (χ2n) is 5.36. The van der Waals surface area contributed by atoms with Crippen LogP contribution in [0.4, 0.5) is 4.39 Å². The first kappa shape index (κ1) is 15.8. The Hall–Kier alpha value is -2.05. The zero-order valence-electron chi connectivity index (χ0n) is 12.3. The van der Waals surface area contributed by atoms with Crippen LogP contribution in [0.1, 0.15) is 16.5 Å². The summed E-state index contributed by atoms with van der Waals surface area (Å²) in [6.07, 6.45) is 0. The number of carboxylic acid groups (broad SMARTS) is 1. The lowest BCUT2D eigenvalue weighted by Crippen LogP contribution is -2.90. The maximum Gasteiger partial charge on any atom is 0.159 e. The maximum absolute atomic E-state index is 13.1. The molecule has 4 nitrogen and oxygen atoms in total. The largest absolute Gasteiger partial charge is 0.544 e. The van der Waals surface area contributed by atoms with Gasteiger partial charge in [0, 0.05) is 5.56 Å². The van der Waals surface area contributed by atoms with Gasteiger partial charge in [0.25, 0.3) is 0 Å². The fraction of sp³-hybridized carbons (Fsp3) is 0.235. The second-order valence-corrected chi connectivity index (χ2v) is 6.53. The van der Waals surface area contributed by atoms with Crippen molar-refractivity contribution in [1.29, 1.82) is 0 Å². The van der Waals surface area contributed by atoms with Crippen LogP contribution in [-0.4, -0.2) is 17.8 Å². The summed E-state index contributed by atoms with van der Waals surface area (Å²) in [5, 5.41) is 12.7. The van der Waals surface area contributed by atoms with Gasteiger partial charge in [-0.2, -0.15) is 0 Å². The van der Waals surface area contributed by atoms with E-state index in [9.17, 15) is 14.3 Å². The quantitative estimate of drug-likeness (QED) is 0.880. The van der Waals surface area contributed by atoms with E-state index in [1.807, 2.05) is 35.6 Å². The smallest absolute Gasteiger partial charge is 0.159 e. The third-order valence-corrected chi connectivity index (χ3v) is 5.01. The van der Waals surface area contributed by atoms with Crippen LogP contribution in [0.3, 0.4) is 0 Å². The number of quaternary nitrogens is 1. The Bertz CT molecular complexity index is 692. The zero-order valence-corrected chi connectivity index (χ0v) is 13.1. The number of ether oxygens (including phenoxy) is 1. The van der Waals surface area contributed by atoms with Gasteiger partial charge in [-0.25, -0.2) is 4.39 Å². The van der Waals surface area contributed by atoms with Gasteiger partial charge in [-0.05, 0) is 42.0 Å². The molecule has 0 bridgehead atoms. The SMILES string of the molecule is O=C([O-])[C@@H]1CS[C@@H](c2ccc(OCc3cccc(F)c3)cc2)[NH2+]1. The number of rotatable bonds is 5. The summed E-state index contributed by atoms with van der Waals surface area (Å²) in [7, 11) is 0. The highest BCUT2D eigenvalue weighted by Crippen LogP contribution is 2.28. The Labute approximate surface area is 137 Å². The first-order valence-electron chi connectivity index (χ1n) is 7.26. The molecule has 0 aromatic heterocycles. The number of nitrogens with two attached hydrogens (primary N) is 1. The topological polar surface area (TPSA) is 66.0 Å². The third-order valence-electron chi connectivity index (χ3n) is 3.67. The van der Waals surface area contributed by atoms with E-state index in [0.29, 0.717) is 18.1 Å². The first-order chi connectivity index (χ1) is 11.1. The van der Waals surface area contributed by atoms with Crippen molar-refractivity contribution in [2.45, 2.75) is 18.0 Å². The fourth-order valence-electron chi connectivity index (χ4n) is 2.43. The number of aliphatic carboxylic acids is 1. The molecule has 0 unspecified atom stereocenters. The molecule has 0 saturated carbocycles. The molecular formula is C17H16FNO3S. The van der Waals surface area contributed by atoms with Crippen LogP contribution in [0.15, 0.2) is 48.5 Å². The van der Waals surface area contributed by atoms with Crippen LogP contribution in [-0.2, 0) is 11.4 Å². The zero-order chi connectivity index (χ0) is 16.2. The summed E-state index contributed by atoms with van der Waals surface area (Å²) in [4.78, 5) is 10.9. The van der Waals surface area contributed by atoms with E-state index in [2.05, 4.69) is 0 Å². The number of halogens is 1. The van der Waals surface area contributed by atoms with Crippen LogP contribution in [0.25, 0.3) is 0 Å². The molecule has 1 aliphatic rings. The summed E-state index contributed by atoms with van der Waals surface area (Å²) in [6.45, 7) is 0.300. The van der Waals surface area contributed by atoms with E-state index in [1.54, 1.807) is 17.8 Å².